The van der Waals surface area contributed by atoms with Gasteiger partial charge in [0, 0.05) is 11.3 Å². The van der Waals surface area contributed by atoms with Crippen LogP contribution in [0.4, 0.5) is 4.39 Å². The van der Waals surface area contributed by atoms with E-state index in [4.69, 9.17) is 10.8 Å². The molecular weight excluding hydrogens is 269 g/mol. The summed E-state index contributed by atoms with van der Waals surface area (Å²) in [5, 5.41) is 8.44. The van der Waals surface area contributed by atoms with Crippen molar-refractivity contribution < 1.29 is 19.1 Å². The van der Waals surface area contributed by atoms with Crippen LogP contribution in [0.25, 0.3) is 0 Å². The minimum Gasteiger partial charge on any atom is -0.480 e. The lowest BCUT2D eigenvalue weighted by molar-refractivity contribution is -0.137. The molecule has 1 atom stereocenters. The third kappa shape index (κ3) is 4.24. The number of thioether (sulfide) groups is 1. The molecule has 1 rings (SSSR count). The van der Waals surface area contributed by atoms with Crippen LogP contribution in [-0.2, 0) is 10.5 Å². The minimum atomic E-state index is -0.908. The van der Waals surface area contributed by atoms with Gasteiger partial charge in [0.25, 0.3) is 0 Å². The maximum Gasteiger partial charge on any atom is 0.316 e. The molecule has 6 heteroatoms. The first-order valence-electron chi connectivity index (χ1n) is 5.75. The van der Waals surface area contributed by atoms with Crippen molar-refractivity contribution in [3.05, 3.63) is 35.1 Å². The monoisotopic (exact) mass is 285 g/mol. The molecule has 0 spiro atoms. The summed E-state index contributed by atoms with van der Waals surface area (Å²) < 4.78 is 13.7. The number of amides is 1. The van der Waals surface area contributed by atoms with E-state index in [1.165, 1.54) is 12.1 Å². The molecule has 0 aliphatic heterocycles. The molecule has 0 saturated heterocycles. The van der Waals surface area contributed by atoms with Crippen molar-refractivity contribution in [3.8, 4) is 0 Å². The summed E-state index contributed by atoms with van der Waals surface area (Å²) >= 11 is 1.16. The molecule has 1 aromatic carbocycles. The fraction of sp³-hybridized carbons (Fsp3) is 0.385. The molecule has 1 amide bonds. The number of carbonyl (C=O) groups excluding carboxylic acids is 1. The molecule has 0 radical (unpaired) electrons. The second-order valence-corrected chi connectivity index (χ2v) is 5.61. The molecule has 0 aromatic heterocycles. The van der Waals surface area contributed by atoms with Crippen LogP contribution in [0.2, 0.25) is 0 Å². The third-order valence-corrected chi connectivity index (χ3v) is 4.19. The van der Waals surface area contributed by atoms with E-state index in [0.717, 1.165) is 17.8 Å². The average Bonchev–Trinajstić information content (AvgIpc) is 2.29. The standard InChI is InChI=1S/C13H16FNO3S/c1-7(2)11(13(17)18)19-6-9-4-3-8(12(15)16)5-10(9)14/h3-5,7,11H,6H2,1-2H3,(H2,15,16)(H,17,18). The summed E-state index contributed by atoms with van der Waals surface area (Å²) in [6.07, 6.45) is 0. The van der Waals surface area contributed by atoms with E-state index < -0.39 is 22.9 Å². The highest BCUT2D eigenvalue weighted by Gasteiger charge is 2.22. The lowest BCUT2D eigenvalue weighted by atomic mass is 10.1. The Morgan fingerprint density at radius 2 is 2.05 bits per heavy atom. The molecule has 0 heterocycles. The molecule has 0 fully saturated rings. The van der Waals surface area contributed by atoms with Crippen LogP contribution in [0.1, 0.15) is 29.8 Å². The second kappa shape index (κ2) is 6.56. The van der Waals surface area contributed by atoms with E-state index in [0.29, 0.717) is 5.56 Å². The molecule has 0 aliphatic carbocycles. The van der Waals surface area contributed by atoms with Crippen molar-refractivity contribution in [1.29, 1.82) is 0 Å². The van der Waals surface area contributed by atoms with Crippen molar-refractivity contribution in [2.45, 2.75) is 24.9 Å². The molecule has 104 valence electrons. The Kier molecular flexibility index (Phi) is 5.35. The highest BCUT2D eigenvalue weighted by molar-refractivity contribution is 7.99. The van der Waals surface area contributed by atoms with Crippen molar-refractivity contribution in [3.63, 3.8) is 0 Å². The summed E-state index contributed by atoms with van der Waals surface area (Å²) in [7, 11) is 0. The average molecular weight is 285 g/mol. The van der Waals surface area contributed by atoms with Crippen LogP contribution in [-0.4, -0.2) is 22.2 Å². The number of rotatable bonds is 6. The first-order valence-corrected chi connectivity index (χ1v) is 6.80. The van der Waals surface area contributed by atoms with E-state index in [9.17, 15) is 14.0 Å². The van der Waals surface area contributed by atoms with Gasteiger partial charge in [0.15, 0.2) is 0 Å². The smallest absolute Gasteiger partial charge is 0.316 e. The minimum absolute atomic E-state index is 0.0459. The van der Waals surface area contributed by atoms with Crippen LogP contribution in [0.5, 0.6) is 0 Å². The quantitative estimate of drug-likeness (QED) is 0.840. The number of carbonyl (C=O) groups is 2. The lowest BCUT2D eigenvalue weighted by Crippen LogP contribution is -2.22. The van der Waals surface area contributed by atoms with Crippen molar-refractivity contribution in [2.75, 3.05) is 0 Å². The zero-order valence-electron chi connectivity index (χ0n) is 10.7. The number of primary amides is 1. The van der Waals surface area contributed by atoms with Crippen LogP contribution >= 0.6 is 11.8 Å². The number of aliphatic carboxylic acids is 1. The number of hydrogen-bond donors (Lipinski definition) is 2. The molecule has 19 heavy (non-hydrogen) atoms. The highest BCUT2D eigenvalue weighted by Crippen LogP contribution is 2.25. The van der Waals surface area contributed by atoms with Gasteiger partial charge in [-0.05, 0) is 23.6 Å². The molecule has 1 aromatic rings. The van der Waals surface area contributed by atoms with Gasteiger partial charge >= 0.3 is 5.97 Å². The predicted molar refractivity (Wildman–Crippen MR) is 72.5 cm³/mol. The summed E-state index contributed by atoms with van der Waals surface area (Å²) in [4.78, 5) is 21.9. The number of nitrogens with two attached hydrogens (primary N) is 1. The molecular formula is C13H16FNO3S. The van der Waals surface area contributed by atoms with Crippen molar-refractivity contribution in [2.24, 2.45) is 11.7 Å². The van der Waals surface area contributed by atoms with E-state index in [1.807, 2.05) is 0 Å². The summed E-state index contributed by atoms with van der Waals surface area (Å²) in [5.74, 6) is -1.95. The first kappa shape index (κ1) is 15.5. The largest absolute Gasteiger partial charge is 0.480 e. The topological polar surface area (TPSA) is 80.4 Å². The number of carboxylic acid groups (broad SMARTS) is 1. The van der Waals surface area contributed by atoms with Gasteiger partial charge in [-0.15, -0.1) is 11.8 Å². The van der Waals surface area contributed by atoms with E-state index in [1.54, 1.807) is 13.8 Å². The van der Waals surface area contributed by atoms with E-state index in [2.05, 4.69) is 0 Å². The van der Waals surface area contributed by atoms with Gasteiger partial charge in [0.1, 0.15) is 11.1 Å². The number of carboxylic acids is 1. The molecule has 4 nitrogen and oxygen atoms in total. The Labute approximate surface area is 115 Å². The molecule has 3 N–H and O–H groups in total. The number of benzene rings is 1. The Hall–Kier alpha value is -1.56. The fourth-order valence-corrected chi connectivity index (χ4v) is 2.67. The van der Waals surface area contributed by atoms with Gasteiger partial charge in [-0.2, -0.15) is 0 Å². The maximum absolute atomic E-state index is 13.7. The van der Waals surface area contributed by atoms with Crippen LogP contribution in [0, 0.1) is 11.7 Å². The predicted octanol–water partition coefficient (Wildman–Crippen LogP) is 2.27. The molecule has 0 bridgehead atoms. The van der Waals surface area contributed by atoms with Crippen molar-refractivity contribution in [1.82, 2.24) is 0 Å². The Balaban J connectivity index is 2.78. The number of hydrogen-bond acceptors (Lipinski definition) is 3. The zero-order chi connectivity index (χ0) is 14.6. The lowest BCUT2D eigenvalue weighted by Gasteiger charge is -2.15. The maximum atomic E-state index is 13.7. The Morgan fingerprint density at radius 3 is 2.47 bits per heavy atom. The van der Waals surface area contributed by atoms with Gasteiger partial charge in [-0.1, -0.05) is 19.9 Å². The summed E-state index contributed by atoms with van der Waals surface area (Å²) in [6.45, 7) is 3.61. The SMILES string of the molecule is CC(C)C(SCc1ccc(C(N)=O)cc1F)C(=O)O. The Bertz CT molecular complexity index is 491. The van der Waals surface area contributed by atoms with Crippen LogP contribution in [0.15, 0.2) is 18.2 Å². The number of halogens is 1. The van der Waals surface area contributed by atoms with Gasteiger partial charge in [-0.3, -0.25) is 9.59 Å². The van der Waals surface area contributed by atoms with Gasteiger partial charge < -0.3 is 10.8 Å². The fourth-order valence-electron chi connectivity index (χ4n) is 1.55. The van der Waals surface area contributed by atoms with Gasteiger partial charge in [0.2, 0.25) is 5.91 Å². The molecule has 0 aliphatic rings. The summed E-state index contributed by atoms with van der Waals surface area (Å²) in [5.41, 5.74) is 5.51. The molecule has 0 saturated carbocycles. The van der Waals surface area contributed by atoms with Crippen LogP contribution in [0.3, 0.4) is 0 Å². The van der Waals surface area contributed by atoms with E-state index in [-0.39, 0.29) is 17.2 Å². The Morgan fingerprint density at radius 1 is 1.42 bits per heavy atom. The third-order valence-electron chi connectivity index (χ3n) is 2.60. The first-order chi connectivity index (χ1) is 8.82. The highest BCUT2D eigenvalue weighted by atomic mass is 32.2. The van der Waals surface area contributed by atoms with Crippen LogP contribution < -0.4 is 5.73 Å². The normalized spacial score (nSPS) is 12.4. The second-order valence-electron chi connectivity index (χ2n) is 4.48. The van der Waals surface area contributed by atoms with Gasteiger partial charge in [0.05, 0.1) is 0 Å². The van der Waals surface area contributed by atoms with Gasteiger partial charge in [-0.25, -0.2) is 4.39 Å². The summed E-state index contributed by atoms with van der Waals surface area (Å²) in [6, 6.07) is 3.97. The van der Waals surface area contributed by atoms with E-state index >= 15 is 0 Å². The zero-order valence-corrected chi connectivity index (χ0v) is 11.5. The van der Waals surface area contributed by atoms with Crippen molar-refractivity contribution >= 4 is 23.6 Å². The molecule has 1 unspecified atom stereocenters.